The van der Waals surface area contributed by atoms with E-state index in [-0.39, 0.29) is 0 Å². The predicted octanol–water partition coefficient (Wildman–Crippen LogP) is 1.93. The Morgan fingerprint density at radius 1 is 1.38 bits per heavy atom. The Morgan fingerprint density at radius 3 is 2.54 bits per heavy atom. The lowest BCUT2D eigenvalue weighted by atomic mass is 9.79. The van der Waals surface area contributed by atoms with Crippen molar-refractivity contribution in [3.8, 4) is 0 Å². The molecule has 0 saturated heterocycles. The number of rotatable bonds is 4. The second-order valence-corrected chi connectivity index (χ2v) is 4.58. The summed E-state index contributed by atoms with van der Waals surface area (Å²) in [5.41, 5.74) is -0.401. The average molecular weight is 185 g/mol. The molecule has 1 aliphatic carbocycles. The molecule has 0 aliphatic heterocycles. The topological polar surface area (TPSA) is 32.3 Å². The van der Waals surface area contributed by atoms with Gasteiger partial charge in [-0.1, -0.05) is 13.8 Å². The molecule has 1 fully saturated rings. The van der Waals surface area contributed by atoms with Crippen molar-refractivity contribution in [2.24, 2.45) is 5.92 Å². The third kappa shape index (κ3) is 3.65. The molecule has 0 amide bonds. The van der Waals surface area contributed by atoms with E-state index in [1.54, 1.807) is 0 Å². The van der Waals surface area contributed by atoms with E-state index >= 15 is 0 Å². The lowest BCUT2D eigenvalue weighted by molar-refractivity contribution is -0.00587. The monoisotopic (exact) mass is 185 g/mol. The number of nitrogens with one attached hydrogen (secondary N) is 1. The standard InChI is InChI=1S/C11H23NO/c1-3-8-12-9-11(13)6-4-10(2)5-7-11/h10,12-13H,3-9H2,1-2H3. The van der Waals surface area contributed by atoms with Crippen LogP contribution in [0, 0.1) is 5.92 Å². The molecule has 2 heteroatoms. The van der Waals surface area contributed by atoms with Crippen LogP contribution in [0.1, 0.15) is 46.0 Å². The lowest BCUT2D eigenvalue weighted by Gasteiger charge is -2.35. The SMILES string of the molecule is CCCNCC1(O)CCC(C)CC1. The third-order valence-electron chi connectivity index (χ3n) is 3.09. The lowest BCUT2D eigenvalue weighted by Crippen LogP contribution is -2.43. The molecule has 78 valence electrons. The molecule has 0 bridgehead atoms. The van der Waals surface area contributed by atoms with Crippen molar-refractivity contribution in [3.63, 3.8) is 0 Å². The molecule has 13 heavy (non-hydrogen) atoms. The van der Waals surface area contributed by atoms with E-state index in [1.165, 1.54) is 12.8 Å². The van der Waals surface area contributed by atoms with Crippen LogP contribution in [-0.4, -0.2) is 23.8 Å². The Morgan fingerprint density at radius 2 is 2.00 bits per heavy atom. The van der Waals surface area contributed by atoms with Crippen LogP contribution in [0.4, 0.5) is 0 Å². The first kappa shape index (κ1) is 11.0. The van der Waals surface area contributed by atoms with E-state index in [0.29, 0.717) is 0 Å². The van der Waals surface area contributed by atoms with Gasteiger partial charge >= 0.3 is 0 Å². The summed E-state index contributed by atoms with van der Waals surface area (Å²) in [7, 11) is 0. The maximum Gasteiger partial charge on any atom is 0.0771 e. The van der Waals surface area contributed by atoms with Gasteiger partial charge in [-0.15, -0.1) is 0 Å². The third-order valence-corrected chi connectivity index (χ3v) is 3.09. The first-order chi connectivity index (χ1) is 6.16. The minimum atomic E-state index is -0.401. The second-order valence-electron chi connectivity index (χ2n) is 4.58. The van der Waals surface area contributed by atoms with Gasteiger partial charge in [-0.05, 0) is 44.6 Å². The Hall–Kier alpha value is -0.0800. The first-order valence-corrected chi connectivity index (χ1v) is 5.59. The molecule has 0 unspecified atom stereocenters. The van der Waals surface area contributed by atoms with E-state index in [1.807, 2.05) is 0 Å². The quantitative estimate of drug-likeness (QED) is 0.656. The van der Waals surface area contributed by atoms with Crippen LogP contribution in [0.25, 0.3) is 0 Å². The van der Waals surface area contributed by atoms with Gasteiger partial charge in [0.2, 0.25) is 0 Å². The number of hydrogen-bond acceptors (Lipinski definition) is 2. The molecule has 0 heterocycles. The summed E-state index contributed by atoms with van der Waals surface area (Å²) in [5, 5.41) is 13.5. The van der Waals surface area contributed by atoms with E-state index in [0.717, 1.165) is 38.3 Å². The Bertz CT molecular complexity index is 139. The van der Waals surface area contributed by atoms with Crippen LogP contribution >= 0.6 is 0 Å². The number of hydrogen-bond donors (Lipinski definition) is 2. The fourth-order valence-corrected chi connectivity index (χ4v) is 1.97. The van der Waals surface area contributed by atoms with Gasteiger partial charge in [0.15, 0.2) is 0 Å². The highest BCUT2D eigenvalue weighted by Gasteiger charge is 2.30. The Labute approximate surface area is 81.7 Å². The van der Waals surface area contributed by atoms with Gasteiger partial charge < -0.3 is 10.4 Å². The molecular formula is C11H23NO. The maximum atomic E-state index is 10.2. The Kier molecular flexibility index (Phi) is 4.20. The molecule has 1 aliphatic rings. The fourth-order valence-electron chi connectivity index (χ4n) is 1.97. The second kappa shape index (κ2) is 4.97. The summed E-state index contributed by atoms with van der Waals surface area (Å²) < 4.78 is 0. The summed E-state index contributed by atoms with van der Waals surface area (Å²) in [6.45, 7) is 6.24. The summed E-state index contributed by atoms with van der Waals surface area (Å²) in [6, 6.07) is 0. The van der Waals surface area contributed by atoms with E-state index in [4.69, 9.17) is 0 Å². The first-order valence-electron chi connectivity index (χ1n) is 5.59. The van der Waals surface area contributed by atoms with E-state index < -0.39 is 5.60 Å². The largest absolute Gasteiger partial charge is 0.389 e. The van der Waals surface area contributed by atoms with Crippen molar-refractivity contribution in [3.05, 3.63) is 0 Å². The van der Waals surface area contributed by atoms with Gasteiger partial charge in [-0.3, -0.25) is 0 Å². The van der Waals surface area contributed by atoms with Crippen LogP contribution in [0.2, 0.25) is 0 Å². The summed E-state index contributed by atoms with van der Waals surface area (Å²) in [6.07, 6.45) is 5.47. The van der Waals surface area contributed by atoms with Crippen molar-refractivity contribution < 1.29 is 5.11 Å². The molecule has 0 atom stereocenters. The van der Waals surface area contributed by atoms with Crippen molar-refractivity contribution in [2.75, 3.05) is 13.1 Å². The highest BCUT2D eigenvalue weighted by atomic mass is 16.3. The molecule has 2 nitrogen and oxygen atoms in total. The molecule has 1 saturated carbocycles. The molecule has 0 aromatic rings. The van der Waals surface area contributed by atoms with Gasteiger partial charge in [-0.25, -0.2) is 0 Å². The zero-order valence-electron chi connectivity index (χ0n) is 8.97. The molecule has 0 radical (unpaired) electrons. The van der Waals surface area contributed by atoms with Crippen molar-refractivity contribution in [1.82, 2.24) is 5.32 Å². The predicted molar refractivity (Wildman–Crippen MR) is 55.7 cm³/mol. The minimum Gasteiger partial charge on any atom is -0.389 e. The average Bonchev–Trinajstić information content (AvgIpc) is 2.12. The van der Waals surface area contributed by atoms with Gasteiger partial charge in [0.25, 0.3) is 0 Å². The van der Waals surface area contributed by atoms with Crippen molar-refractivity contribution >= 4 is 0 Å². The number of aliphatic hydroxyl groups is 1. The Balaban J connectivity index is 2.22. The van der Waals surface area contributed by atoms with E-state index in [2.05, 4.69) is 19.2 Å². The molecule has 0 aromatic carbocycles. The van der Waals surface area contributed by atoms with Crippen molar-refractivity contribution in [2.45, 2.75) is 51.6 Å². The van der Waals surface area contributed by atoms with Crippen LogP contribution in [0.5, 0.6) is 0 Å². The minimum absolute atomic E-state index is 0.401. The molecular weight excluding hydrogens is 162 g/mol. The molecule has 2 N–H and O–H groups in total. The zero-order valence-corrected chi connectivity index (χ0v) is 8.97. The zero-order chi connectivity index (χ0) is 9.73. The van der Waals surface area contributed by atoms with Crippen LogP contribution in [0.15, 0.2) is 0 Å². The highest BCUT2D eigenvalue weighted by molar-refractivity contribution is 4.86. The van der Waals surface area contributed by atoms with Gasteiger partial charge in [0.1, 0.15) is 0 Å². The maximum absolute atomic E-state index is 10.2. The van der Waals surface area contributed by atoms with Gasteiger partial charge in [0.05, 0.1) is 5.60 Å². The molecule has 0 aromatic heterocycles. The normalized spacial score (nSPS) is 34.8. The highest BCUT2D eigenvalue weighted by Crippen LogP contribution is 2.31. The fraction of sp³-hybridized carbons (Fsp3) is 1.00. The van der Waals surface area contributed by atoms with Gasteiger partial charge in [-0.2, -0.15) is 0 Å². The summed E-state index contributed by atoms with van der Waals surface area (Å²) in [5.74, 6) is 0.812. The molecule has 0 spiro atoms. The summed E-state index contributed by atoms with van der Waals surface area (Å²) in [4.78, 5) is 0. The van der Waals surface area contributed by atoms with Crippen molar-refractivity contribution in [1.29, 1.82) is 0 Å². The van der Waals surface area contributed by atoms with Crippen LogP contribution in [-0.2, 0) is 0 Å². The van der Waals surface area contributed by atoms with Crippen LogP contribution < -0.4 is 5.32 Å². The van der Waals surface area contributed by atoms with Crippen LogP contribution in [0.3, 0.4) is 0 Å². The van der Waals surface area contributed by atoms with Gasteiger partial charge in [0, 0.05) is 6.54 Å². The molecule has 1 rings (SSSR count). The summed E-state index contributed by atoms with van der Waals surface area (Å²) >= 11 is 0. The smallest absolute Gasteiger partial charge is 0.0771 e. The van der Waals surface area contributed by atoms with E-state index in [9.17, 15) is 5.11 Å².